The summed E-state index contributed by atoms with van der Waals surface area (Å²) in [5.74, 6) is 0.371. The Kier molecular flexibility index (Phi) is 6.07. The molecule has 0 aliphatic rings. The molecule has 0 saturated heterocycles. The number of hydrogen-bond acceptors (Lipinski definition) is 7. The van der Waals surface area contributed by atoms with Crippen LogP contribution in [0, 0.1) is 6.92 Å². The molecule has 0 aliphatic carbocycles. The molecule has 0 saturated carbocycles. The molecule has 4 rings (SSSR count). The highest BCUT2D eigenvalue weighted by atomic mass is 16.5. The summed E-state index contributed by atoms with van der Waals surface area (Å²) in [6.07, 6.45) is 3.80. The van der Waals surface area contributed by atoms with Crippen LogP contribution in [0.5, 0.6) is 0 Å². The van der Waals surface area contributed by atoms with E-state index in [0.717, 1.165) is 23.2 Å². The Morgan fingerprint density at radius 3 is 2.74 bits per heavy atom. The van der Waals surface area contributed by atoms with Crippen molar-refractivity contribution in [1.29, 1.82) is 0 Å². The van der Waals surface area contributed by atoms with Crippen LogP contribution < -0.4 is 11.1 Å². The molecule has 2 aromatic carbocycles. The fraction of sp³-hybridized carbons (Fsp3) is 0.217. The van der Waals surface area contributed by atoms with E-state index in [-0.39, 0.29) is 18.5 Å². The van der Waals surface area contributed by atoms with Crippen molar-refractivity contribution in [2.24, 2.45) is 0 Å². The first-order chi connectivity index (χ1) is 15.1. The van der Waals surface area contributed by atoms with Crippen LogP contribution in [0.4, 0.5) is 17.6 Å². The van der Waals surface area contributed by atoms with Crippen molar-refractivity contribution in [2.75, 3.05) is 11.1 Å². The average Bonchev–Trinajstić information content (AvgIpc) is 3.17. The number of nitrogens with zero attached hydrogens (tertiary/aromatic N) is 3. The molecular formula is C23H24N6O2. The lowest BCUT2D eigenvalue weighted by Gasteiger charge is -2.08. The molecule has 2 aromatic heterocycles. The van der Waals surface area contributed by atoms with E-state index in [9.17, 15) is 4.79 Å². The Bertz CT molecular complexity index is 1190. The van der Waals surface area contributed by atoms with Gasteiger partial charge in [-0.25, -0.2) is 0 Å². The molecule has 0 bridgehead atoms. The van der Waals surface area contributed by atoms with Gasteiger partial charge in [0.25, 0.3) is 0 Å². The topological polar surface area (TPSA) is 119 Å². The van der Waals surface area contributed by atoms with E-state index in [1.165, 1.54) is 10.9 Å². The molecule has 0 unspecified atom stereocenters. The van der Waals surface area contributed by atoms with Crippen LogP contribution in [0.2, 0.25) is 0 Å². The number of aromatic nitrogens is 4. The maximum Gasteiger partial charge on any atom is 0.306 e. The number of nitrogen functional groups attached to an aromatic ring is 1. The van der Waals surface area contributed by atoms with Crippen LogP contribution in [0.25, 0.3) is 10.9 Å². The first kappa shape index (κ1) is 20.3. The van der Waals surface area contributed by atoms with Crippen molar-refractivity contribution in [1.82, 2.24) is 19.9 Å². The molecule has 158 valence electrons. The predicted molar refractivity (Wildman–Crippen MR) is 120 cm³/mol. The number of H-pyrrole nitrogens is 1. The number of nitrogens with two attached hydrogens (primary N) is 1. The van der Waals surface area contributed by atoms with E-state index in [1.54, 1.807) is 0 Å². The van der Waals surface area contributed by atoms with E-state index < -0.39 is 0 Å². The summed E-state index contributed by atoms with van der Waals surface area (Å²) in [5, 5.41) is 4.26. The smallest absolute Gasteiger partial charge is 0.306 e. The second-order valence-corrected chi connectivity index (χ2v) is 7.30. The number of para-hydroxylation sites is 1. The number of nitrogens with one attached hydrogen (secondary N) is 2. The quantitative estimate of drug-likeness (QED) is 0.371. The van der Waals surface area contributed by atoms with E-state index in [4.69, 9.17) is 10.5 Å². The minimum atomic E-state index is -0.299. The fourth-order valence-corrected chi connectivity index (χ4v) is 3.30. The minimum Gasteiger partial charge on any atom is -0.457 e. The van der Waals surface area contributed by atoms with Crippen molar-refractivity contribution in [3.05, 3.63) is 71.7 Å². The summed E-state index contributed by atoms with van der Waals surface area (Å²) in [5.41, 5.74) is 10.1. The third kappa shape index (κ3) is 5.36. The van der Waals surface area contributed by atoms with Gasteiger partial charge in [-0.3, -0.25) is 4.79 Å². The SMILES string of the molecule is Cc1ccc(Nc2nc(N)nc(COC(=O)CCCc3c[nH]c4ccccc34)n2)cc1. The number of carbonyl (C=O) groups is 1. The van der Waals surface area contributed by atoms with Crippen LogP contribution in [0.15, 0.2) is 54.7 Å². The summed E-state index contributed by atoms with van der Waals surface area (Å²) in [7, 11) is 0. The Balaban J connectivity index is 1.28. The molecule has 2 heterocycles. The number of carbonyl (C=O) groups excluding carboxylic acids is 1. The highest BCUT2D eigenvalue weighted by Crippen LogP contribution is 2.19. The zero-order valence-electron chi connectivity index (χ0n) is 17.3. The normalized spacial score (nSPS) is 10.9. The number of anilines is 3. The fourth-order valence-electron chi connectivity index (χ4n) is 3.30. The second kappa shape index (κ2) is 9.25. The highest BCUT2D eigenvalue weighted by molar-refractivity contribution is 5.83. The maximum absolute atomic E-state index is 12.2. The Morgan fingerprint density at radius 1 is 1.10 bits per heavy atom. The van der Waals surface area contributed by atoms with Gasteiger partial charge in [0.15, 0.2) is 12.4 Å². The lowest BCUT2D eigenvalue weighted by Crippen LogP contribution is -2.11. The third-order valence-corrected chi connectivity index (χ3v) is 4.87. The van der Waals surface area contributed by atoms with Crippen LogP contribution in [0.1, 0.15) is 29.8 Å². The van der Waals surface area contributed by atoms with Gasteiger partial charge in [0.05, 0.1) is 0 Å². The predicted octanol–water partition coefficient (Wildman–Crippen LogP) is 4.05. The molecule has 0 amide bonds. The third-order valence-electron chi connectivity index (χ3n) is 4.87. The number of esters is 1. The van der Waals surface area contributed by atoms with Crippen molar-refractivity contribution >= 4 is 34.5 Å². The number of aryl methyl sites for hydroxylation is 2. The molecule has 0 spiro atoms. The van der Waals surface area contributed by atoms with Crippen LogP contribution in [-0.2, 0) is 22.6 Å². The van der Waals surface area contributed by atoms with Crippen molar-refractivity contribution in [2.45, 2.75) is 32.8 Å². The van der Waals surface area contributed by atoms with Gasteiger partial charge in [-0.15, -0.1) is 0 Å². The van der Waals surface area contributed by atoms with Gasteiger partial charge in [-0.2, -0.15) is 15.0 Å². The van der Waals surface area contributed by atoms with Crippen LogP contribution in [0.3, 0.4) is 0 Å². The van der Waals surface area contributed by atoms with E-state index in [2.05, 4.69) is 31.3 Å². The summed E-state index contributed by atoms with van der Waals surface area (Å²) < 4.78 is 5.33. The maximum atomic E-state index is 12.2. The van der Waals surface area contributed by atoms with Crippen LogP contribution >= 0.6 is 0 Å². The first-order valence-corrected chi connectivity index (χ1v) is 10.1. The van der Waals surface area contributed by atoms with Gasteiger partial charge in [0.1, 0.15) is 0 Å². The van der Waals surface area contributed by atoms with E-state index in [0.29, 0.717) is 24.6 Å². The number of aromatic amines is 1. The lowest BCUT2D eigenvalue weighted by molar-refractivity contribution is -0.145. The zero-order valence-corrected chi connectivity index (χ0v) is 17.3. The van der Waals surface area contributed by atoms with Gasteiger partial charge in [-0.05, 0) is 43.5 Å². The molecule has 4 aromatic rings. The first-order valence-electron chi connectivity index (χ1n) is 10.1. The van der Waals surface area contributed by atoms with Crippen molar-refractivity contribution in [3.63, 3.8) is 0 Å². The summed E-state index contributed by atoms with van der Waals surface area (Å²) in [6.45, 7) is 1.96. The number of rotatable bonds is 8. The molecule has 31 heavy (non-hydrogen) atoms. The number of hydrogen-bond donors (Lipinski definition) is 3. The number of ether oxygens (including phenoxy) is 1. The second-order valence-electron chi connectivity index (χ2n) is 7.30. The van der Waals surface area contributed by atoms with Crippen LogP contribution in [-0.4, -0.2) is 25.9 Å². The molecule has 0 radical (unpaired) electrons. The molecule has 8 nitrogen and oxygen atoms in total. The summed E-state index contributed by atoms with van der Waals surface area (Å²) in [6, 6.07) is 15.9. The molecule has 0 atom stereocenters. The average molecular weight is 416 g/mol. The lowest BCUT2D eigenvalue weighted by atomic mass is 10.1. The van der Waals surface area contributed by atoms with E-state index >= 15 is 0 Å². The standard InChI is InChI=1S/C23H24N6O2/c1-15-9-11-17(12-10-15)26-23-28-20(27-22(24)29-23)14-31-21(30)8-4-5-16-13-25-19-7-3-2-6-18(16)19/h2-3,6-7,9-13,25H,4-5,8,14H2,1H3,(H3,24,26,27,28,29). The van der Waals surface area contributed by atoms with E-state index in [1.807, 2.05) is 55.6 Å². The van der Waals surface area contributed by atoms with Crippen molar-refractivity contribution in [3.8, 4) is 0 Å². The van der Waals surface area contributed by atoms with Crippen molar-refractivity contribution < 1.29 is 9.53 Å². The Morgan fingerprint density at radius 2 is 1.90 bits per heavy atom. The van der Waals surface area contributed by atoms with Gasteiger partial charge in [0, 0.05) is 29.2 Å². The Hall–Kier alpha value is -3.94. The largest absolute Gasteiger partial charge is 0.457 e. The van der Waals surface area contributed by atoms with Gasteiger partial charge in [0.2, 0.25) is 11.9 Å². The number of fused-ring (bicyclic) bond motifs is 1. The molecular weight excluding hydrogens is 392 g/mol. The highest BCUT2D eigenvalue weighted by Gasteiger charge is 2.10. The zero-order chi connectivity index (χ0) is 21.6. The molecule has 0 aliphatic heterocycles. The molecule has 8 heteroatoms. The summed E-state index contributed by atoms with van der Waals surface area (Å²) in [4.78, 5) is 27.8. The summed E-state index contributed by atoms with van der Waals surface area (Å²) >= 11 is 0. The van der Waals surface area contributed by atoms with Gasteiger partial charge >= 0.3 is 5.97 Å². The van der Waals surface area contributed by atoms with Gasteiger partial charge < -0.3 is 20.8 Å². The Labute approximate surface area is 179 Å². The minimum absolute atomic E-state index is 0.0543. The van der Waals surface area contributed by atoms with Gasteiger partial charge in [-0.1, -0.05) is 35.9 Å². The molecule has 4 N–H and O–H groups in total. The molecule has 0 fully saturated rings. The number of benzene rings is 2. The monoisotopic (exact) mass is 416 g/mol.